The van der Waals surface area contributed by atoms with Crippen molar-refractivity contribution >= 4 is 0 Å². The van der Waals surface area contributed by atoms with E-state index in [0.29, 0.717) is 19.4 Å². The van der Waals surface area contributed by atoms with Crippen LogP contribution in [-0.2, 0) is 13.0 Å². The summed E-state index contributed by atoms with van der Waals surface area (Å²) in [5, 5.41) is 11.3. The largest absolute Gasteiger partial charge is 0.489 e. The number of benzene rings is 3. The second-order valence-corrected chi connectivity index (χ2v) is 8.29. The Hall–Kier alpha value is -2.82. The van der Waals surface area contributed by atoms with Gasteiger partial charge in [0, 0.05) is 19.4 Å². The van der Waals surface area contributed by atoms with Crippen molar-refractivity contribution in [3.63, 3.8) is 0 Å². The van der Waals surface area contributed by atoms with E-state index in [1.807, 2.05) is 60.7 Å². The number of hydrogen-bond acceptors (Lipinski definition) is 4. The van der Waals surface area contributed by atoms with Gasteiger partial charge < -0.3 is 14.6 Å². The third-order valence-corrected chi connectivity index (χ3v) is 5.95. The van der Waals surface area contributed by atoms with Crippen molar-refractivity contribution in [2.24, 2.45) is 0 Å². The van der Waals surface area contributed by atoms with Crippen molar-refractivity contribution in [1.82, 2.24) is 4.90 Å². The standard InChI is InChI=1S/C27H31NO3/c1-2-28-18-17-27(29,19-22-9-5-3-6-10-22)20-26(28)31-25-15-13-24(14-16-25)30-21-23-11-7-4-8-12-23/h3-16,26,29H,2,17-21H2,1H3. The fourth-order valence-electron chi connectivity index (χ4n) is 4.18. The van der Waals surface area contributed by atoms with Crippen molar-refractivity contribution < 1.29 is 14.6 Å². The maximum absolute atomic E-state index is 11.3. The van der Waals surface area contributed by atoms with E-state index in [1.165, 1.54) is 0 Å². The van der Waals surface area contributed by atoms with Gasteiger partial charge in [-0.15, -0.1) is 0 Å². The highest BCUT2D eigenvalue weighted by molar-refractivity contribution is 5.32. The van der Waals surface area contributed by atoms with Gasteiger partial charge in [-0.05, 0) is 48.4 Å². The quantitative estimate of drug-likeness (QED) is 0.556. The summed E-state index contributed by atoms with van der Waals surface area (Å²) in [6.45, 7) is 4.39. The van der Waals surface area contributed by atoms with Gasteiger partial charge >= 0.3 is 0 Å². The van der Waals surface area contributed by atoms with Crippen LogP contribution in [0.2, 0.25) is 0 Å². The molecule has 2 atom stereocenters. The Balaban J connectivity index is 1.37. The van der Waals surface area contributed by atoms with Crippen LogP contribution in [0.5, 0.6) is 11.5 Å². The predicted octanol–water partition coefficient (Wildman–Crippen LogP) is 5.06. The van der Waals surface area contributed by atoms with Gasteiger partial charge in [-0.25, -0.2) is 0 Å². The highest BCUT2D eigenvalue weighted by Gasteiger charge is 2.39. The fourth-order valence-corrected chi connectivity index (χ4v) is 4.18. The van der Waals surface area contributed by atoms with E-state index >= 15 is 0 Å². The van der Waals surface area contributed by atoms with Crippen LogP contribution in [-0.4, -0.2) is 34.9 Å². The van der Waals surface area contributed by atoms with Crippen molar-refractivity contribution in [3.05, 3.63) is 96.1 Å². The van der Waals surface area contributed by atoms with Gasteiger partial charge in [0.1, 0.15) is 18.1 Å². The molecule has 1 heterocycles. The zero-order valence-electron chi connectivity index (χ0n) is 18.1. The summed E-state index contributed by atoms with van der Waals surface area (Å²) in [7, 11) is 0. The molecule has 0 saturated carbocycles. The minimum absolute atomic E-state index is 0.149. The highest BCUT2D eigenvalue weighted by Crippen LogP contribution is 2.32. The Labute approximate surface area is 185 Å². The van der Waals surface area contributed by atoms with E-state index in [4.69, 9.17) is 9.47 Å². The normalized spacial score (nSPS) is 21.5. The summed E-state index contributed by atoms with van der Waals surface area (Å²) < 4.78 is 12.2. The lowest BCUT2D eigenvalue weighted by atomic mass is 9.84. The first-order valence-corrected chi connectivity index (χ1v) is 11.1. The lowest BCUT2D eigenvalue weighted by Crippen LogP contribution is -2.53. The molecule has 1 N–H and O–H groups in total. The summed E-state index contributed by atoms with van der Waals surface area (Å²) in [6.07, 6.45) is 1.84. The van der Waals surface area contributed by atoms with Crippen LogP contribution in [0.4, 0.5) is 0 Å². The molecule has 2 unspecified atom stereocenters. The van der Waals surface area contributed by atoms with Crippen LogP contribution in [0.3, 0.4) is 0 Å². The SMILES string of the molecule is CCN1CCC(O)(Cc2ccccc2)CC1Oc1ccc(OCc2ccccc2)cc1. The van der Waals surface area contributed by atoms with Crippen molar-refractivity contribution in [2.75, 3.05) is 13.1 Å². The zero-order valence-corrected chi connectivity index (χ0v) is 18.1. The summed E-state index contributed by atoms with van der Waals surface area (Å²) in [6, 6.07) is 28.1. The Morgan fingerprint density at radius 1 is 0.871 bits per heavy atom. The van der Waals surface area contributed by atoms with Crippen LogP contribution in [0.1, 0.15) is 30.9 Å². The van der Waals surface area contributed by atoms with E-state index in [2.05, 4.69) is 36.1 Å². The van der Waals surface area contributed by atoms with Crippen LogP contribution < -0.4 is 9.47 Å². The number of piperidine rings is 1. The van der Waals surface area contributed by atoms with Crippen LogP contribution in [0, 0.1) is 0 Å². The fraction of sp³-hybridized carbons (Fsp3) is 0.333. The van der Waals surface area contributed by atoms with Gasteiger partial charge in [0.05, 0.1) is 5.60 Å². The molecule has 1 aliphatic rings. The summed E-state index contributed by atoms with van der Waals surface area (Å²) in [5.74, 6) is 1.60. The first kappa shape index (κ1) is 21.4. The molecule has 1 saturated heterocycles. The molecule has 0 amide bonds. The number of ether oxygens (including phenoxy) is 2. The first-order valence-electron chi connectivity index (χ1n) is 11.1. The topological polar surface area (TPSA) is 41.9 Å². The van der Waals surface area contributed by atoms with Crippen molar-refractivity contribution in [3.8, 4) is 11.5 Å². The molecule has 0 aliphatic carbocycles. The molecule has 31 heavy (non-hydrogen) atoms. The average Bonchev–Trinajstić information content (AvgIpc) is 2.80. The van der Waals surface area contributed by atoms with Gasteiger partial charge in [-0.1, -0.05) is 67.6 Å². The molecule has 4 nitrogen and oxygen atoms in total. The second kappa shape index (κ2) is 9.99. The third-order valence-electron chi connectivity index (χ3n) is 5.95. The van der Waals surface area contributed by atoms with Crippen molar-refractivity contribution in [1.29, 1.82) is 0 Å². The van der Waals surface area contributed by atoms with Gasteiger partial charge in [-0.3, -0.25) is 4.90 Å². The Morgan fingerprint density at radius 2 is 1.48 bits per heavy atom. The zero-order chi connectivity index (χ0) is 21.5. The first-order chi connectivity index (χ1) is 15.1. The molecule has 0 radical (unpaired) electrons. The van der Waals surface area contributed by atoms with Gasteiger partial charge in [0.15, 0.2) is 6.23 Å². The lowest BCUT2D eigenvalue weighted by Gasteiger charge is -2.43. The monoisotopic (exact) mass is 417 g/mol. The number of likely N-dealkylation sites (tertiary alicyclic amines) is 1. The Kier molecular flexibility index (Phi) is 6.90. The van der Waals surface area contributed by atoms with Crippen LogP contribution in [0.15, 0.2) is 84.9 Å². The van der Waals surface area contributed by atoms with Gasteiger partial charge in [0.2, 0.25) is 0 Å². The average molecular weight is 418 g/mol. The van der Waals surface area contributed by atoms with Gasteiger partial charge in [0.25, 0.3) is 0 Å². The molecule has 3 aromatic rings. The number of rotatable bonds is 8. The predicted molar refractivity (Wildman–Crippen MR) is 123 cm³/mol. The maximum atomic E-state index is 11.3. The molecular weight excluding hydrogens is 386 g/mol. The minimum atomic E-state index is -0.754. The molecular formula is C27H31NO3. The smallest absolute Gasteiger partial charge is 0.155 e. The van der Waals surface area contributed by atoms with E-state index in [0.717, 1.165) is 42.1 Å². The molecule has 1 fully saturated rings. The molecule has 0 spiro atoms. The number of aliphatic hydroxyl groups is 1. The molecule has 3 aromatic carbocycles. The van der Waals surface area contributed by atoms with Crippen LogP contribution >= 0.6 is 0 Å². The second-order valence-electron chi connectivity index (χ2n) is 8.29. The number of nitrogens with zero attached hydrogens (tertiary/aromatic N) is 1. The summed E-state index contributed by atoms with van der Waals surface area (Å²) in [4.78, 5) is 2.29. The number of hydrogen-bond donors (Lipinski definition) is 1. The Bertz CT molecular complexity index is 930. The van der Waals surface area contributed by atoms with Gasteiger partial charge in [-0.2, -0.15) is 0 Å². The lowest BCUT2D eigenvalue weighted by molar-refractivity contribution is -0.103. The van der Waals surface area contributed by atoms with Crippen LogP contribution in [0.25, 0.3) is 0 Å². The van der Waals surface area contributed by atoms with E-state index in [-0.39, 0.29) is 6.23 Å². The molecule has 0 aromatic heterocycles. The maximum Gasteiger partial charge on any atom is 0.155 e. The summed E-state index contributed by atoms with van der Waals surface area (Å²) >= 11 is 0. The molecule has 162 valence electrons. The molecule has 4 rings (SSSR count). The van der Waals surface area contributed by atoms with E-state index < -0.39 is 5.60 Å². The molecule has 0 bridgehead atoms. The molecule has 4 heteroatoms. The van der Waals surface area contributed by atoms with E-state index in [1.54, 1.807) is 0 Å². The summed E-state index contributed by atoms with van der Waals surface area (Å²) in [5.41, 5.74) is 1.55. The third kappa shape index (κ3) is 5.87. The Morgan fingerprint density at radius 3 is 2.13 bits per heavy atom. The minimum Gasteiger partial charge on any atom is -0.489 e. The van der Waals surface area contributed by atoms with E-state index in [9.17, 15) is 5.11 Å². The van der Waals surface area contributed by atoms with Crippen molar-refractivity contribution in [2.45, 2.75) is 44.6 Å². The molecule has 1 aliphatic heterocycles. The highest BCUT2D eigenvalue weighted by atomic mass is 16.5.